The van der Waals surface area contributed by atoms with Crippen LogP contribution in [-0.2, 0) is 11.2 Å². The lowest BCUT2D eigenvalue weighted by Gasteiger charge is -2.36. The number of urea groups is 1. The van der Waals surface area contributed by atoms with Crippen molar-refractivity contribution >= 4 is 28.6 Å². The first-order chi connectivity index (χ1) is 17.5. The monoisotopic (exact) mass is 483 g/mol. The highest BCUT2D eigenvalue weighted by Crippen LogP contribution is 2.39. The van der Waals surface area contributed by atoms with Crippen LogP contribution in [0.2, 0.25) is 0 Å². The molecule has 0 saturated carbocycles. The molecular formula is C29H29N3O4. The largest absolute Gasteiger partial charge is 0.497 e. The van der Waals surface area contributed by atoms with E-state index in [1.807, 2.05) is 30.0 Å². The molecule has 7 heteroatoms. The normalized spacial score (nSPS) is 14.9. The molecule has 2 amide bonds. The average molecular weight is 484 g/mol. The van der Waals surface area contributed by atoms with Crippen LogP contribution >= 0.6 is 0 Å². The molecule has 2 N–H and O–H groups in total. The Hall–Kier alpha value is -4.26. The fraction of sp³-hybridized carbons (Fsp3) is 0.241. The zero-order valence-corrected chi connectivity index (χ0v) is 20.6. The number of benzene rings is 3. The van der Waals surface area contributed by atoms with Gasteiger partial charge in [0, 0.05) is 23.1 Å². The minimum Gasteiger partial charge on any atom is -0.497 e. The van der Waals surface area contributed by atoms with Crippen molar-refractivity contribution < 1.29 is 19.1 Å². The molecule has 1 aliphatic rings. The Morgan fingerprint density at radius 1 is 1.08 bits per heavy atom. The first kappa shape index (κ1) is 23.5. The van der Waals surface area contributed by atoms with Gasteiger partial charge in [-0.1, -0.05) is 42.0 Å². The van der Waals surface area contributed by atoms with E-state index >= 15 is 0 Å². The summed E-state index contributed by atoms with van der Waals surface area (Å²) in [7, 11) is 1.66. The SMILES string of the molecule is CCOC(=O)c1ccccc1NC(=O)N1CCc2c([nH]c3ccc(OC)cc23)[C@@H]1c1ccc(C)cc1. The number of H-pyrrole nitrogens is 1. The summed E-state index contributed by atoms with van der Waals surface area (Å²) < 4.78 is 10.6. The zero-order valence-electron chi connectivity index (χ0n) is 20.6. The van der Waals surface area contributed by atoms with Gasteiger partial charge in [-0.3, -0.25) is 0 Å². The van der Waals surface area contributed by atoms with Crippen LogP contribution in [0, 0.1) is 6.92 Å². The number of ether oxygens (including phenoxy) is 2. The molecule has 0 bridgehead atoms. The molecule has 0 radical (unpaired) electrons. The molecule has 0 spiro atoms. The molecule has 7 nitrogen and oxygen atoms in total. The van der Waals surface area contributed by atoms with E-state index in [1.54, 1.807) is 38.3 Å². The van der Waals surface area contributed by atoms with Crippen molar-refractivity contribution in [3.63, 3.8) is 0 Å². The van der Waals surface area contributed by atoms with Crippen LogP contribution in [0.5, 0.6) is 5.75 Å². The maximum atomic E-state index is 13.7. The van der Waals surface area contributed by atoms with Crippen molar-refractivity contribution in [2.24, 2.45) is 0 Å². The van der Waals surface area contributed by atoms with Gasteiger partial charge < -0.3 is 24.7 Å². The number of aromatic amines is 1. The highest BCUT2D eigenvalue weighted by molar-refractivity contribution is 6.01. The number of rotatable bonds is 5. The summed E-state index contributed by atoms with van der Waals surface area (Å²) in [6.45, 7) is 4.58. The van der Waals surface area contributed by atoms with Gasteiger partial charge in [0.05, 0.1) is 31.0 Å². The number of carbonyl (C=O) groups is 2. The third-order valence-electron chi connectivity index (χ3n) is 6.65. The van der Waals surface area contributed by atoms with Crippen LogP contribution in [0.25, 0.3) is 10.9 Å². The van der Waals surface area contributed by atoms with Crippen molar-refractivity contribution in [3.05, 3.63) is 94.7 Å². The van der Waals surface area contributed by atoms with Crippen molar-refractivity contribution in [2.75, 3.05) is 25.6 Å². The Bertz CT molecular complexity index is 1420. The number of aryl methyl sites for hydroxylation is 1. The number of amides is 2. The van der Waals surface area contributed by atoms with Gasteiger partial charge >= 0.3 is 12.0 Å². The lowest BCUT2D eigenvalue weighted by atomic mass is 9.92. The van der Waals surface area contributed by atoms with E-state index in [1.165, 1.54) is 5.56 Å². The number of hydrogen-bond acceptors (Lipinski definition) is 4. The van der Waals surface area contributed by atoms with Crippen LogP contribution in [0.15, 0.2) is 66.7 Å². The van der Waals surface area contributed by atoms with Crippen LogP contribution in [0.1, 0.15) is 45.7 Å². The molecule has 4 aromatic rings. The van der Waals surface area contributed by atoms with Gasteiger partial charge in [0.2, 0.25) is 0 Å². The molecule has 3 aromatic carbocycles. The number of fused-ring (bicyclic) bond motifs is 3. The topological polar surface area (TPSA) is 83.7 Å². The van der Waals surface area contributed by atoms with E-state index in [-0.39, 0.29) is 18.7 Å². The molecule has 1 aromatic heterocycles. The van der Waals surface area contributed by atoms with E-state index in [2.05, 4.69) is 34.6 Å². The maximum absolute atomic E-state index is 13.7. The summed E-state index contributed by atoms with van der Waals surface area (Å²) >= 11 is 0. The van der Waals surface area contributed by atoms with Gasteiger partial charge in [0.25, 0.3) is 0 Å². The van der Waals surface area contributed by atoms with Gasteiger partial charge in [-0.15, -0.1) is 0 Å². The summed E-state index contributed by atoms with van der Waals surface area (Å²) in [6.07, 6.45) is 0.692. The molecule has 5 rings (SSSR count). The van der Waals surface area contributed by atoms with Gasteiger partial charge in [0.1, 0.15) is 5.75 Å². The third-order valence-corrected chi connectivity index (χ3v) is 6.65. The molecule has 0 aliphatic carbocycles. The number of aromatic nitrogens is 1. The molecule has 2 heterocycles. The minimum absolute atomic E-state index is 0.261. The Morgan fingerprint density at radius 3 is 2.61 bits per heavy atom. The number of esters is 1. The van der Waals surface area contributed by atoms with E-state index in [4.69, 9.17) is 9.47 Å². The Balaban J connectivity index is 1.55. The third kappa shape index (κ3) is 4.28. The molecule has 0 fully saturated rings. The zero-order chi connectivity index (χ0) is 25.2. The molecule has 0 saturated heterocycles. The molecule has 184 valence electrons. The van der Waals surface area contributed by atoms with Crippen molar-refractivity contribution in [1.82, 2.24) is 9.88 Å². The first-order valence-corrected chi connectivity index (χ1v) is 12.1. The quantitative estimate of drug-likeness (QED) is 0.349. The van der Waals surface area contributed by atoms with Gasteiger partial charge in [0.15, 0.2) is 0 Å². The molecule has 36 heavy (non-hydrogen) atoms. The lowest BCUT2D eigenvalue weighted by molar-refractivity contribution is 0.0527. The van der Waals surface area contributed by atoms with Gasteiger partial charge in [-0.25, -0.2) is 9.59 Å². The van der Waals surface area contributed by atoms with Crippen molar-refractivity contribution in [1.29, 1.82) is 0 Å². The van der Waals surface area contributed by atoms with Gasteiger partial charge in [-0.05, 0) is 61.7 Å². The molecular weight excluding hydrogens is 454 g/mol. The fourth-order valence-electron chi connectivity index (χ4n) is 4.87. The number of hydrogen-bond donors (Lipinski definition) is 2. The summed E-state index contributed by atoms with van der Waals surface area (Å²) in [5.41, 5.74) is 6.09. The molecule has 1 aliphatic heterocycles. The van der Waals surface area contributed by atoms with Crippen molar-refractivity contribution in [2.45, 2.75) is 26.3 Å². The number of nitrogens with one attached hydrogen (secondary N) is 2. The van der Waals surface area contributed by atoms with E-state index in [9.17, 15) is 9.59 Å². The summed E-state index contributed by atoms with van der Waals surface area (Å²) in [6, 6.07) is 20.5. The summed E-state index contributed by atoms with van der Waals surface area (Å²) in [5, 5.41) is 4.07. The number of para-hydroxylation sites is 1. The molecule has 0 unspecified atom stereocenters. The van der Waals surface area contributed by atoms with E-state index in [0.29, 0.717) is 24.2 Å². The average Bonchev–Trinajstić information content (AvgIpc) is 3.27. The maximum Gasteiger partial charge on any atom is 0.340 e. The Labute approximate surface area is 210 Å². The van der Waals surface area contributed by atoms with Crippen LogP contribution in [-0.4, -0.2) is 42.1 Å². The van der Waals surface area contributed by atoms with Gasteiger partial charge in [-0.2, -0.15) is 0 Å². The highest BCUT2D eigenvalue weighted by Gasteiger charge is 2.35. The second-order valence-corrected chi connectivity index (χ2v) is 8.88. The van der Waals surface area contributed by atoms with Crippen LogP contribution < -0.4 is 10.1 Å². The second-order valence-electron chi connectivity index (χ2n) is 8.88. The van der Waals surface area contributed by atoms with Crippen LogP contribution in [0.3, 0.4) is 0 Å². The number of methoxy groups -OCH3 is 1. The first-order valence-electron chi connectivity index (χ1n) is 12.1. The van der Waals surface area contributed by atoms with Crippen LogP contribution in [0.4, 0.5) is 10.5 Å². The highest BCUT2D eigenvalue weighted by atomic mass is 16.5. The van der Waals surface area contributed by atoms with E-state index in [0.717, 1.165) is 33.5 Å². The second kappa shape index (κ2) is 9.77. The smallest absolute Gasteiger partial charge is 0.340 e. The number of nitrogens with zero attached hydrogens (tertiary/aromatic N) is 1. The Morgan fingerprint density at radius 2 is 1.86 bits per heavy atom. The number of carbonyl (C=O) groups excluding carboxylic acids is 2. The fourth-order valence-corrected chi connectivity index (χ4v) is 4.87. The van der Waals surface area contributed by atoms with E-state index < -0.39 is 5.97 Å². The summed E-state index contributed by atoms with van der Waals surface area (Å²) in [5.74, 6) is 0.334. The molecule has 1 atom stereocenters. The minimum atomic E-state index is -0.464. The predicted molar refractivity (Wildman–Crippen MR) is 140 cm³/mol. The Kier molecular flexibility index (Phi) is 6.38. The lowest BCUT2D eigenvalue weighted by Crippen LogP contribution is -2.43. The standard InChI is InChI=1S/C29H29N3O4/c1-4-36-28(33)22-7-5-6-8-24(22)31-29(34)32-16-15-21-23-17-20(35-3)13-14-25(23)30-26(21)27(32)19-11-9-18(2)10-12-19/h5-14,17,27,30H,4,15-16H2,1-3H3,(H,31,34)/t27-/m0/s1. The summed E-state index contributed by atoms with van der Waals surface area (Å²) in [4.78, 5) is 31.6. The number of anilines is 1. The van der Waals surface area contributed by atoms with Crippen molar-refractivity contribution in [3.8, 4) is 5.75 Å². The predicted octanol–water partition coefficient (Wildman–Crippen LogP) is 5.84.